The number of thioether (sulfide) groups is 1. The zero-order chi connectivity index (χ0) is 19.5. The van der Waals surface area contributed by atoms with E-state index in [1.807, 2.05) is 36.4 Å². The molecule has 0 saturated heterocycles. The van der Waals surface area contributed by atoms with Crippen molar-refractivity contribution >= 4 is 83.0 Å². The molecule has 152 valence electrons. The number of thiazole rings is 2. The maximum absolute atomic E-state index is 8.66. The van der Waals surface area contributed by atoms with E-state index in [0.717, 1.165) is 25.1 Å². The van der Waals surface area contributed by atoms with Gasteiger partial charge in [0.25, 0.3) is 0 Å². The van der Waals surface area contributed by atoms with Crippen LogP contribution < -0.4 is 0 Å². The van der Waals surface area contributed by atoms with Crippen molar-refractivity contribution in [1.29, 1.82) is 0 Å². The van der Waals surface area contributed by atoms with E-state index in [1.165, 1.54) is 9.40 Å². The lowest BCUT2D eigenvalue weighted by Gasteiger charge is -1.89. The van der Waals surface area contributed by atoms with Crippen LogP contribution >= 0.6 is 62.6 Å². The molecule has 0 aliphatic carbocycles. The first-order valence-electron chi connectivity index (χ1n) is 8.02. The minimum atomic E-state index is 0. The summed E-state index contributed by atoms with van der Waals surface area (Å²) in [6, 6.07) is 16.2. The highest BCUT2D eigenvalue weighted by molar-refractivity contribution is 9.09. The lowest BCUT2D eigenvalue weighted by molar-refractivity contribution is 0.322. The van der Waals surface area contributed by atoms with Gasteiger partial charge in [-0.2, -0.15) is 0 Å². The van der Waals surface area contributed by atoms with Crippen molar-refractivity contribution in [3.05, 3.63) is 52.5 Å². The van der Waals surface area contributed by atoms with Crippen LogP contribution in [0.25, 0.3) is 20.4 Å². The molecule has 4 aromatic rings. The van der Waals surface area contributed by atoms with E-state index in [-0.39, 0.29) is 20.6 Å². The summed E-state index contributed by atoms with van der Waals surface area (Å²) in [5, 5.41) is 17.2. The molecule has 2 aromatic carbocycles. The molecule has 28 heavy (non-hydrogen) atoms. The lowest BCUT2D eigenvalue weighted by atomic mass is 10.3. The van der Waals surface area contributed by atoms with E-state index in [2.05, 4.69) is 38.0 Å². The number of aliphatic hydroxyl groups is 2. The van der Waals surface area contributed by atoms with Crippen molar-refractivity contribution < 1.29 is 10.2 Å². The Morgan fingerprint density at radius 3 is 2.25 bits per heavy atom. The number of aromatic amines is 1. The molecule has 0 atom stereocenters. The number of aromatic nitrogens is 2. The van der Waals surface area contributed by atoms with E-state index < -0.39 is 0 Å². The van der Waals surface area contributed by atoms with Gasteiger partial charge in [-0.15, -0.1) is 22.7 Å². The van der Waals surface area contributed by atoms with E-state index >= 15 is 0 Å². The number of benzene rings is 2. The molecule has 0 aliphatic rings. The van der Waals surface area contributed by atoms with Gasteiger partial charge in [0.2, 0.25) is 0 Å². The molecule has 0 amide bonds. The van der Waals surface area contributed by atoms with Crippen molar-refractivity contribution in [3.63, 3.8) is 0 Å². The number of H-pyrrole nitrogens is 1. The van der Waals surface area contributed by atoms with Crippen molar-refractivity contribution in [3.8, 4) is 0 Å². The normalized spacial score (nSPS) is 9.82. The van der Waals surface area contributed by atoms with Gasteiger partial charge < -0.3 is 15.2 Å². The summed E-state index contributed by atoms with van der Waals surface area (Å²) < 4.78 is 4.33. The summed E-state index contributed by atoms with van der Waals surface area (Å²) in [5.41, 5.74) is 2.19. The van der Waals surface area contributed by atoms with Gasteiger partial charge in [-0.3, -0.25) is 0 Å². The zero-order valence-electron chi connectivity index (χ0n) is 14.3. The van der Waals surface area contributed by atoms with Gasteiger partial charge in [-0.1, -0.05) is 59.4 Å². The molecule has 0 fully saturated rings. The largest absolute Gasteiger partial charge is 0.396 e. The summed E-state index contributed by atoms with van der Waals surface area (Å²) >= 11 is 12.9. The number of nitrogens with zero attached hydrogens (tertiary/aromatic N) is 1. The Kier molecular flexibility index (Phi) is 12.8. The van der Waals surface area contributed by atoms with Crippen LogP contribution in [0, 0.1) is 3.95 Å². The molecule has 2 heterocycles. The first-order valence-corrected chi connectivity index (χ1v) is 12.2. The molecule has 0 unspecified atom stereocenters. The minimum absolute atomic E-state index is 0. The summed E-state index contributed by atoms with van der Waals surface area (Å²) in [4.78, 5) is 7.51. The Bertz CT molecular complexity index is 929. The molecule has 0 aliphatic heterocycles. The second-order valence-corrected chi connectivity index (χ2v) is 9.83. The van der Waals surface area contributed by atoms with Gasteiger partial charge in [0, 0.05) is 11.1 Å². The molecule has 0 spiro atoms. The maximum atomic E-state index is 8.66. The highest BCUT2D eigenvalue weighted by Crippen LogP contribution is 2.28. The topological polar surface area (TPSA) is 69.1 Å². The van der Waals surface area contributed by atoms with Gasteiger partial charge in [-0.25, -0.2) is 4.98 Å². The van der Waals surface area contributed by atoms with Crippen molar-refractivity contribution in [2.45, 2.75) is 11.8 Å². The first-order chi connectivity index (χ1) is 13.2. The van der Waals surface area contributed by atoms with Gasteiger partial charge in [0.05, 0.1) is 33.6 Å². The highest BCUT2D eigenvalue weighted by Gasteiger charge is 2.02. The van der Waals surface area contributed by atoms with Crippen molar-refractivity contribution in [2.24, 2.45) is 0 Å². The highest BCUT2D eigenvalue weighted by atomic mass is 79.9. The Balaban J connectivity index is 0.000000234. The average Bonchev–Trinajstić information content (AvgIpc) is 3.28. The standard InChI is InChI=1S/C9H9NOS2.C7H5NS2.C2H5BrO.CH4/c11-5-6-12-9-10-7-3-1-2-4-8(7)13-9;9-7-8-5-3-1-2-4-6(5)10-7;3-1-2-4;/h1-4,11H,5-6H2;1-4H,(H,8,9);4H,1-2H2;1H4. The molecule has 0 radical (unpaired) electrons. The van der Waals surface area contributed by atoms with Crippen LogP contribution in [-0.2, 0) is 0 Å². The number of hydrogen-bond acceptors (Lipinski definition) is 7. The molecule has 9 heteroatoms. The number of aliphatic hydroxyl groups excluding tert-OH is 2. The van der Waals surface area contributed by atoms with Crippen LogP contribution in [0.15, 0.2) is 52.9 Å². The Hall–Kier alpha value is -0.810. The molecule has 0 saturated carbocycles. The number of nitrogens with one attached hydrogen (secondary N) is 1. The molecule has 2 aromatic heterocycles. The summed E-state index contributed by atoms with van der Waals surface area (Å²) in [7, 11) is 0. The predicted octanol–water partition coefficient (Wildman–Crippen LogP) is 6.35. The first kappa shape index (κ1) is 25.2. The number of alkyl halides is 1. The third-order valence-corrected chi connectivity index (χ3v) is 6.73. The quantitative estimate of drug-likeness (QED) is 0.167. The minimum Gasteiger partial charge on any atom is -0.396 e. The van der Waals surface area contributed by atoms with E-state index in [1.54, 1.807) is 34.4 Å². The fourth-order valence-corrected chi connectivity index (χ4v) is 4.94. The second-order valence-electron chi connectivity index (χ2n) is 4.94. The number of halogens is 1. The lowest BCUT2D eigenvalue weighted by Crippen LogP contribution is -1.83. The number of rotatable bonds is 4. The van der Waals surface area contributed by atoms with Crippen LogP contribution in [-0.4, -0.2) is 44.5 Å². The monoisotopic (exact) mass is 518 g/mol. The van der Waals surface area contributed by atoms with Gasteiger partial charge in [0.1, 0.15) is 0 Å². The van der Waals surface area contributed by atoms with Crippen molar-refractivity contribution in [1.82, 2.24) is 9.97 Å². The Morgan fingerprint density at radius 2 is 1.64 bits per heavy atom. The Morgan fingerprint density at radius 1 is 1.00 bits per heavy atom. The van der Waals surface area contributed by atoms with E-state index in [4.69, 9.17) is 22.4 Å². The third kappa shape index (κ3) is 8.28. The van der Waals surface area contributed by atoms with Gasteiger partial charge in [0.15, 0.2) is 8.29 Å². The van der Waals surface area contributed by atoms with Crippen LogP contribution in [0.1, 0.15) is 7.43 Å². The van der Waals surface area contributed by atoms with Crippen molar-refractivity contribution in [2.75, 3.05) is 24.3 Å². The molecular weight excluding hydrogens is 496 g/mol. The number of hydrogen-bond donors (Lipinski definition) is 3. The third-order valence-electron chi connectivity index (χ3n) is 3.00. The SMILES string of the molecule is C.OCCBr.OCCSc1nc2ccccc2s1.S=c1[nH]c2ccccc2s1. The number of para-hydroxylation sites is 2. The smallest absolute Gasteiger partial charge is 0.159 e. The molecular formula is C19H23BrN2O2S4. The summed E-state index contributed by atoms with van der Waals surface area (Å²) in [6.07, 6.45) is 0. The summed E-state index contributed by atoms with van der Waals surface area (Å²) in [5.74, 6) is 0.722. The number of fused-ring (bicyclic) bond motifs is 2. The summed E-state index contributed by atoms with van der Waals surface area (Å²) in [6.45, 7) is 0.445. The molecule has 0 bridgehead atoms. The molecule has 4 nitrogen and oxygen atoms in total. The van der Waals surface area contributed by atoms with Gasteiger partial charge >= 0.3 is 0 Å². The maximum Gasteiger partial charge on any atom is 0.159 e. The van der Waals surface area contributed by atoms with Crippen LogP contribution in [0.3, 0.4) is 0 Å². The molecule has 3 N–H and O–H groups in total. The fraction of sp³-hybridized carbons (Fsp3) is 0.263. The molecule has 4 rings (SSSR count). The predicted molar refractivity (Wildman–Crippen MR) is 132 cm³/mol. The second kappa shape index (κ2) is 14.2. The van der Waals surface area contributed by atoms with Crippen LogP contribution in [0.4, 0.5) is 0 Å². The van der Waals surface area contributed by atoms with Crippen LogP contribution in [0.5, 0.6) is 0 Å². The fourth-order valence-electron chi connectivity index (χ4n) is 1.94. The van der Waals surface area contributed by atoms with Crippen LogP contribution in [0.2, 0.25) is 0 Å². The average molecular weight is 520 g/mol. The Labute approximate surface area is 190 Å². The van der Waals surface area contributed by atoms with E-state index in [0.29, 0.717) is 5.33 Å². The van der Waals surface area contributed by atoms with E-state index in [9.17, 15) is 0 Å². The van der Waals surface area contributed by atoms with Gasteiger partial charge in [-0.05, 0) is 36.5 Å². The zero-order valence-corrected chi connectivity index (χ0v) is 19.2.